The molecule has 2 atom stereocenters. The Labute approximate surface area is 179 Å². The molecule has 3 N–H and O–H groups in total. The van der Waals surface area contributed by atoms with Crippen molar-refractivity contribution in [2.75, 3.05) is 6.61 Å². The number of Topliss-reactive ketones (excluding diaryl/α,β-unsaturated/α-hetero) is 1. The molecule has 0 aromatic carbocycles. The van der Waals surface area contributed by atoms with Crippen molar-refractivity contribution in [1.29, 1.82) is 0 Å². The Morgan fingerprint density at radius 2 is 1.38 bits per heavy atom. The van der Waals surface area contributed by atoms with E-state index in [1.807, 2.05) is 6.92 Å². The number of unbranched alkanes of at least 4 members (excludes halogenated alkanes) is 8. The molecule has 172 valence electrons. The van der Waals surface area contributed by atoms with Crippen molar-refractivity contribution in [1.82, 2.24) is 0 Å². The summed E-state index contributed by atoms with van der Waals surface area (Å²) >= 11 is 0. The molecule has 0 aromatic heterocycles. The van der Waals surface area contributed by atoms with Gasteiger partial charge in [0.25, 0.3) is 0 Å². The van der Waals surface area contributed by atoms with Gasteiger partial charge in [-0.2, -0.15) is 0 Å². The number of hydrogen-bond acceptors (Lipinski definition) is 5. The van der Waals surface area contributed by atoms with Gasteiger partial charge in [-0.1, -0.05) is 64.7 Å². The van der Waals surface area contributed by atoms with Crippen molar-refractivity contribution in [2.45, 2.75) is 135 Å². The lowest BCUT2D eigenvalue weighted by molar-refractivity contribution is -0.150. The van der Waals surface area contributed by atoms with Gasteiger partial charge in [-0.25, -0.2) is 0 Å². The summed E-state index contributed by atoms with van der Waals surface area (Å²) in [5.41, 5.74) is 4.68. The maximum atomic E-state index is 12.5. The van der Waals surface area contributed by atoms with Gasteiger partial charge in [-0.15, -0.1) is 0 Å². The Balaban J connectivity index is 4.39. The standard InChI is InChI=1S/C24H47NO4/c1-5-7-8-14-17-23(4,28)19-20-24(25,22(27)29-6-2)18-15-12-10-9-11-13-16-21(3)26/h28H,5-20,25H2,1-4H3. The second-order valence-electron chi connectivity index (χ2n) is 9.01. The molecule has 0 saturated heterocycles. The first kappa shape index (κ1) is 28.1. The molecule has 0 aliphatic carbocycles. The Kier molecular flexibility index (Phi) is 15.3. The van der Waals surface area contributed by atoms with Gasteiger partial charge >= 0.3 is 5.97 Å². The van der Waals surface area contributed by atoms with E-state index in [2.05, 4.69) is 6.92 Å². The van der Waals surface area contributed by atoms with Crippen molar-refractivity contribution in [3.8, 4) is 0 Å². The fourth-order valence-electron chi connectivity index (χ4n) is 3.68. The smallest absolute Gasteiger partial charge is 0.326 e. The van der Waals surface area contributed by atoms with Crippen molar-refractivity contribution >= 4 is 11.8 Å². The van der Waals surface area contributed by atoms with Gasteiger partial charge in [-0.05, 0) is 52.9 Å². The second-order valence-corrected chi connectivity index (χ2v) is 9.01. The molecule has 0 rings (SSSR count). The Bertz CT molecular complexity index is 450. The lowest BCUT2D eigenvalue weighted by Crippen LogP contribution is -2.50. The van der Waals surface area contributed by atoms with E-state index in [1.165, 1.54) is 12.8 Å². The van der Waals surface area contributed by atoms with Crippen LogP contribution in [0.2, 0.25) is 0 Å². The minimum absolute atomic E-state index is 0.258. The highest BCUT2D eigenvalue weighted by Crippen LogP contribution is 2.28. The van der Waals surface area contributed by atoms with Crippen LogP contribution in [0.5, 0.6) is 0 Å². The lowest BCUT2D eigenvalue weighted by Gasteiger charge is -2.31. The van der Waals surface area contributed by atoms with E-state index in [1.54, 1.807) is 13.8 Å². The zero-order valence-corrected chi connectivity index (χ0v) is 19.6. The molecule has 0 fully saturated rings. The topological polar surface area (TPSA) is 89.6 Å². The van der Waals surface area contributed by atoms with Gasteiger partial charge in [-0.3, -0.25) is 4.79 Å². The zero-order valence-electron chi connectivity index (χ0n) is 19.6. The third kappa shape index (κ3) is 14.6. The lowest BCUT2D eigenvalue weighted by atomic mass is 9.82. The molecule has 5 nitrogen and oxygen atoms in total. The number of nitrogens with two attached hydrogens (primary N) is 1. The Hall–Kier alpha value is -0.940. The molecule has 0 heterocycles. The van der Waals surface area contributed by atoms with Crippen molar-refractivity contribution < 1.29 is 19.4 Å². The van der Waals surface area contributed by atoms with Crippen LogP contribution in [0.25, 0.3) is 0 Å². The van der Waals surface area contributed by atoms with Gasteiger partial charge in [0.05, 0.1) is 12.2 Å². The predicted octanol–water partition coefficient (Wildman–Crippen LogP) is 5.46. The zero-order chi connectivity index (χ0) is 22.2. The summed E-state index contributed by atoms with van der Waals surface area (Å²) in [6.45, 7) is 7.78. The monoisotopic (exact) mass is 413 g/mol. The van der Waals surface area contributed by atoms with E-state index in [0.717, 1.165) is 57.8 Å². The van der Waals surface area contributed by atoms with E-state index in [9.17, 15) is 14.7 Å². The minimum Gasteiger partial charge on any atom is -0.465 e. The molecule has 0 radical (unpaired) electrons. The molecule has 5 heteroatoms. The van der Waals surface area contributed by atoms with Crippen LogP contribution in [0, 0.1) is 0 Å². The van der Waals surface area contributed by atoms with Crippen LogP contribution in [0.3, 0.4) is 0 Å². The molecule has 0 saturated carbocycles. The molecule has 29 heavy (non-hydrogen) atoms. The predicted molar refractivity (Wildman–Crippen MR) is 120 cm³/mol. The van der Waals surface area contributed by atoms with E-state index >= 15 is 0 Å². The number of aliphatic hydroxyl groups is 1. The van der Waals surface area contributed by atoms with Gasteiger partial charge < -0.3 is 20.4 Å². The quantitative estimate of drug-likeness (QED) is 0.217. The maximum absolute atomic E-state index is 12.5. The number of hydrogen-bond donors (Lipinski definition) is 2. The third-order valence-electron chi connectivity index (χ3n) is 5.76. The van der Waals surface area contributed by atoms with Crippen molar-refractivity contribution in [2.24, 2.45) is 5.73 Å². The molecule has 0 amide bonds. The summed E-state index contributed by atoms with van der Waals surface area (Å²) in [5.74, 6) is -0.0863. The Morgan fingerprint density at radius 3 is 1.97 bits per heavy atom. The highest BCUT2D eigenvalue weighted by Gasteiger charge is 2.37. The molecule has 2 unspecified atom stereocenters. The van der Waals surface area contributed by atoms with Gasteiger partial charge in [0.2, 0.25) is 0 Å². The summed E-state index contributed by atoms with van der Waals surface area (Å²) < 4.78 is 5.24. The molecule has 0 aliphatic rings. The summed E-state index contributed by atoms with van der Waals surface area (Å²) in [6, 6.07) is 0. The van der Waals surface area contributed by atoms with Gasteiger partial charge in [0.1, 0.15) is 11.3 Å². The van der Waals surface area contributed by atoms with E-state index < -0.39 is 11.1 Å². The van der Waals surface area contributed by atoms with Gasteiger partial charge in [0, 0.05) is 6.42 Å². The average molecular weight is 414 g/mol. The normalized spacial score (nSPS) is 15.5. The summed E-state index contributed by atoms with van der Waals surface area (Å²) in [4.78, 5) is 23.4. The largest absolute Gasteiger partial charge is 0.465 e. The number of carbonyl (C=O) groups is 2. The molecule has 0 bridgehead atoms. The van der Waals surface area contributed by atoms with Gasteiger partial charge in [0.15, 0.2) is 0 Å². The molecular weight excluding hydrogens is 366 g/mol. The molecular formula is C24H47NO4. The van der Waals surface area contributed by atoms with E-state index in [0.29, 0.717) is 32.3 Å². The van der Waals surface area contributed by atoms with Crippen LogP contribution in [0.1, 0.15) is 124 Å². The molecule has 0 aromatic rings. The fraction of sp³-hybridized carbons (Fsp3) is 0.917. The van der Waals surface area contributed by atoms with Crippen LogP contribution in [0.15, 0.2) is 0 Å². The minimum atomic E-state index is -1.02. The third-order valence-corrected chi connectivity index (χ3v) is 5.76. The first-order valence-corrected chi connectivity index (χ1v) is 11.8. The first-order valence-electron chi connectivity index (χ1n) is 11.8. The van der Waals surface area contributed by atoms with Crippen LogP contribution in [0.4, 0.5) is 0 Å². The molecule has 0 aliphatic heterocycles. The van der Waals surface area contributed by atoms with Crippen LogP contribution < -0.4 is 5.73 Å². The molecule has 0 spiro atoms. The van der Waals surface area contributed by atoms with Crippen LogP contribution in [-0.2, 0) is 14.3 Å². The van der Waals surface area contributed by atoms with E-state index in [-0.39, 0.29) is 11.8 Å². The first-order chi connectivity index (χ1) is 13.7. The number of carbonyl (C=O) groups excluding carboxylic acids is 2. The number of ketones is 1. The SMILES string of the molecule is CCCCCCC(C)(O)CCC(N)(CCCCCCCCC(C)=O)C(=O)OCC. The summed E-state index contributed by atoms with van der Waals surface area (Å²) in [6.07, 6.45) is 13.6. The highest BCUT2D eigenvalue weighted by molar-refractivity contribution is 5.80. The summed E-state index contributed by atoms with van der Waals surface area (Å²) in [7, 11) is 0. The highest BCUT2D eigenvalue weighted by atomic mass is 16.5. The van der Waals surface area contributed by atoms with Crippen LogP contribution in [-0.4, -0.2) is 34.6 Å². The maximum Gasteiger partial charge on any atom is 0.326 e. The second kappa shape index (κ2) is 15.8. The van der Waals surface area contributed by atoms with Crippen LogP contribution >= 0.6 is 0 Å². The summed E-state index contributed by atoms with van der Waals surface area (Å²) in [5, 5.41) is 10.7. The Morgan fingerprint density at radius 1 is 0.828 bits per heavy atom. The fourth-order valence-corrected chi connectivity index (χ4v) is 3.68. The number of rotatable bonds is 19. The van der Waals surface area contributed by atoms with Crippen molar-refractivity contribution in [3.05, 3.63) is 0 Å². The van der Waals surface area contributed by atoms with E-state index in [4.69, 9.17) is 10.5 Å². The number of esters is 1. The van der Waals surface area contributed by atoms with Crippen molar-refractivity contribution in [3.63, 3.8) is 0 Å². The average Bonchev–Trinajstić information content (AvgIpc) is 2.66. The number of ether oxygens (including phenoxy) is 1.